The molecule has 0 aromatic rings. The van der Waals surface area contributed by atoms with Crippen molar-refractivity contribution in [1.82, 2.24) is 0 Å². The highest BCUT2D eigenvalue weighted by atomic mass is 32.2. The van der Waals surface area contributed by atoms with Crippen LogP contribution in [-0.4, -0.2) is 9.49 Å². The van der Waals surface area contributed by atoms with E-state index in [-0.39, 0.29) is 0 Å². The van der Waals surface area contributed by atoms with Crippen LogP contribution in [0.4, 0.5) is 0 Å². The molecule has 0 amide bonds. The Morgan fingerprint density at radius 3 is 1.22 bits per heavy atom. The molecule has 160 valence electrons. The van der Waals surface area contributed by atoms with Gasteiger partial charge in [-0.1, -0.05) is 117 Å². The van der Waals surface area contributed by atoms with Gasteiger partial charge in [-0.2, -0.15) is 0 Å². The average molecular weight is 395 g/mol. The van der Waals surface area contributed by atoms with Crippen molar-refractivity contribution in [2.24, 2.45) is 0 Å². The molecule has 0 aromatic carbocycles. The lowest BCUT2D eigenvalue weighted by molar-refractivity contribution is 0.334. The van der Waals surface area contributed by atoms with Crippen LogP contribution in [0.15, 0.2) is 0 Å². The van der Waals surface area contributed by atoms with E-state index in [1.54, 1.807) is 0 Å². The third kappa shape index (κ3) is 8.71. The normalized spacial score (nSPS) is 22.0. The van der Waals surface area contributed by atoms with Crippen molar-refractivity contribution in [2.45, 2.75) is 165 Å². The molecule has 0 nitrogen and oxygen atoms in total. The van der Waals surface area contributed by atoms with Gasteiger partial charge in [-0.15, -0.1) is 11.8 Å². The summed E-state index contributed by atoms with van der Waals surface area (Å²) in [4.78, 5) is 0. The molecule has 0 unspecified atom stereocenters. The minimum Gasteiger partial charge on any atom is -0.148 e. The minimum absolute atomic E-state index is 0.658. The first kappa shape index (κ1) is 23.6. The zero-order chi connectivity index (χ0) is 19.3. The molecule has 1 heteroatoms. The lowest BCUT2D eigenvalue weighted by Gasteiger charge is -2.47. The van der Waals surface area contributed by atoms with E-state index in [0.717, 1.165) is 0 Å². The van der Waals surface area contributed by atoms with E-state index >= 15 is 0 Å². The molecule has 0 atom stereocenters. The molecule has 27 heavy (non-hydrogen) atoms. The first-order chi connectivity index (χ1) is 13.2. The fraction of sp³-hybridized carbons (Fsp3) is 1.00. The van der Waals surface area contributed by atoms with Gasteiger partial charge in [0.15, 0.2) is 0 Å². The molecule has 0 aromatic heterocycles. The van der Waals surface area contributed by atoms with E-state index in [0.29, 0.717) is 9.49 Å². The van der Waals surface area contributed by atoms with Crippen molar-refractivity contribution in [3.63, 3.8) is 0 Å². The van der Waals surface area contributed by atoms with E-state index in [9.17, 15) is 0 Å². The van der Waals surface area contributed by atoms with E-state index in [1.807, 2.05) is 0 Å². The lowest BCUT2D eigenvalue weighted by atomic mass is 9.83. The van der Waals surface area contributed by atoms with Gasteiger partial charge in [0.2, 0.25) is 0 Å². The molecule has 0 bridgehead atoms. The van der Waals surface area contributed by atoms with E-state index in [1.165, 1.54) is 141 Å². The van der Waals surface area contributed by atoms with Crippen molar-refractivity contribution in [3.05, 3.63) is 0 Å². The number of unbranched alkanes of at least 4 members (excludes halogenated alkanes) is 8. The molecule has 2 rings (SSSR count). The SMILES string of the molecule is CCCCCCCC1(SC2(CCCCCCC)CCCCC2)CCCCC1. The van der Waals surface area contributed by atoms with Gasteiger partial charge in [-0.05, 0) is 38.5 Å². The molecule has 2 saturated carbocycles. The van der Waals surface area contributed by atoms with E-state index < -0.39 is 0 Å². The van der Waals surface area contributed by atoms with Crippen molar-refractivity contribution in [3.8, 4) is 0 Å². The van der Waals surface area contributed by atoms with E-state index in [2.05, 4.69) is 25.6 Å². The van der Waals surface area contributed by atoms with Gasteiger partial charge >= 0.3 is 0 Å². The molecular weight excluding hydrogens is 344 g/mol. The van der Waals surface area contributed by atoms with Crippen LogP contribution in [0, 0.1) is 0 Å². The Balaban J connectivity index is 1.92. The van der Waals surface area contributed by atoms with Gasteiger partial charge in [-0.3, -0.25) is 0 Å². The molecule has 2 fully saturated rings. The van der Waals surface area contributed by atoms with Crippen molar-refractivity contribution < 1.29 is 0 Å². The monoisotopic (exact) mass is 394 g/mol. The smallest absolute Gasteiger partial charge is 0.0165 e. The molecule has 0 heterocycles. The van der Waals surface area contributed by atoms with Crippen LogP contribution in [0.2, 0.25) is 0 Å². The topological polar surface area (TPSA) is 0 Å². The highest BCUT2D eigenvalue weighted by Gasteiger charge is 2.42. The van der Waals surface area contributed by atoms with Crippen LogP contribution in [0.3, 0.4) is 0 Å². The maximum atomic E-state index is 2.56. The maximum absolute atomic E-state index is 2.56. The third-order valence-corrected chi connectivity index (χ3v) is 9.53. The standard InChI is InChI=1S/C26H50S/c1-3-5-7-9-13-19-25(21-15-11-16-22-25)27-26(23-17-12-18-24-26)20-14-10-8-6-4-2/h3-24H2,1-2H3. The summed E-state index contributed by atoms with van der Waals surface area (Å²) in [5.41, 5.74) is 0. The van der Waals surface area contributed by atoms with Gasteiger partial charge in [0, 0.05) is 9.49 Å². The van der Waals surface area contributed by atoms with Crippen molar-refractivity contribution >= 4 is 11.8 Å². The average Bonchev–Trinajstić information content (AvgIpc) is 2.69. The summed E-state index contributed by atoms with van der Waals surface area (Å²) in [7, 11) is 0. The molecule has 0 spiro atoms. The second-order valence-electron chi connectivity index (χ2n) is 9.92. The van der Waals surface area contributed by atoms with Gasteiger partial charge in [-0.25, -0.2) is 0 Å². The molecule has 0 N–H and O–H groups in total. The van der Waals surface area contributed by atoms with Crippen molar-refractivity contribution in [1.29, 1.82) is 0 Å². The predicted octanol–water partition coefficient (Wildman–Crippen LogP) is 9.85. The minimum atomic E-state index is 0.658. The van der Waals surface area contributed by atoms with Gasteiger partial charge in [0.05, 0.1) is 0 Å². The highest BCUT2D eigenvalue weighted by Crippen LogP contribution is 2.55. The first-order valence-electron chi connectivity index (χ1n) is 12.9. The Labute approximate surface area is 176 Å². The Hall–Kier alpha value is 0.350. The summed E-state index contributed by atoms with van der Waals surface area (Å²) in [6, 6.07) is 0. The second kappa shape index (κ2) is 13.6. The second-order valence-corrected chi connectivity index (χ2v) is 11.9. The van der Waals surface area contributed by atoms with Gasteiger partial charge < -0.3 is 0 Å². The van der Waals surface area contributed by atoms with Crippen LogP contribution in [0.1, 0.15) is 155 Å². The molecule has 2 aliphatic rings. The first-order valence-corrected chi connectivity index (χ1v) is 13.8. The molecule has 0 aliphatic heterocycles. The molecule has 2 aliphatic carbocycles. The molecule has 0 saturated heterocycles. The lowest BCUT2D eigenvalue weighted by Crippen LogP contribution is -2.38. The zero-order valence-electron chi connectivity index (χ0n) is 19.0. The summed E-state index contributed by atoms with van der Waals surface area (Å²) in [5.74, 6) is 0. The fourth-order valence-electron chi connectivity index (χ4n) is 5.76. The van der Waals surface area contributed by atoms with Gasteiger partial charge in [0.1, 0.15) is 0 Å². The molecule has 0 radical (unpaired) electrons. The number of hydrogen-bond donors (Lipinski definition) is 0. The van der Waals surface area contributed by atoms with Crippen molar-refractivity contribution in [2.75, 3.05) is 0 Å². The van der Waals surface area contributed by atoms with Gasteiger partial charge in [0.25, 0.3) is 0 Å². The largest absolute Gasteiger partial charge is 0.148 e. The van der Waals surface area contributed by atoms with Crippen LogP contribution < -0.4 is 0 Å². The third-order valence-electron chi connectivity index (χ3n) is 7.43. The summed E-state index contributed by atoms with van der Waals surface area (Å²) in [6.45, 7) is 4.68. The summed E-state index contributed by atoms with van der Waals surface area (Å²) in [5, 5.41) is 0. The Bertz CT molecular complexity index is 315. The van der Waals surface area contributed by atoms with Crippen LogP contribution in [0.5, 0.6) is 0 Å². The zero-order valence-corrected chi connectivity index (χ0v) is 19.8. The summed E-state index contributed by atoms with van der Waals surface area (Å²) >= 11 is 2.56. The Kier molecular flexibility index (Phi) is 11.9. The maximum Gasteiger partial charge on any atom is 0.0165 e. The van der Waals surface area contributed by atoms with Crippen LogP contribution in [-0.2, 0) is 0 Å². The fourth-order valence-corrected chi connectivity index (χ4v) is 8.16. The quantitative estimate of drug-likeness (QED) is 0.264. The van der Waals surface area contributed by atoms with E-state index in [4.69, 9.17) is 0 Å². The molecular formula is C26H50S. The Morgan fingerprint density at radius 1 is 0.481 bits per heavy atom. The number of rotatable bonds is 14. The predicted molar refractivity (Wildman–Crippen MR) is 126 cm³/mol. The highest BCUT2D eigenvalue weighted by molar-refractivity contribution is 8.02. The van der Waals surface area contributed by atoms with Crippen LogP contribution >= 0.6 is 11.8 Å². The summed E-state index contributed by atoms with van der Waals surface area (Å²) in [6.07, 6.45) is 32.8. The summed E-state index contributed by atoms with van der Waals surface area (Å²) < 4.78 is 1.32. The van der Waals surface area contributed by atoms with Crippen LogP contribution in [0.25, 0.3) is 0 Å². The number of hydrogen-bond acceptors (Lipinski definition) is 1. The number of thioether (sulfide) groups is 1. The Morgan fingerprint density at radius 2 is 0.852 bits per heavy atom.